The van der Waals surface area contributed by atoms with Crippen molar-refractivity contribution < 1.29 is 4.79 Å². The molecule has 0 spiro atoms. The lowest BCUT2D eigenvalue weighted by Crippen LogP contribution is -2.02. The maximum atomic E-state index is 11.3. The highest BCUT2D eigenvalue weighted by atomic mass is 79.9. The van der Waals surface area contributed by atoms with Gasteiger partial charge in [-0.2, -0.15) is 0 Å². The summed E-state index contributed by atoms with van der Waals surface area (Å²) >= 11 is 5.12. The average molecular weight is 325 g/mol. The van der Waals surface area contributed by atoms with Gasteiger partial charge >= 0.3 is 0 Å². The summed E-state index contributed by atoms with van der Waals surface area (Å²) in [6.07, 6.45) is 0. The van der Waals surface area contributed by atoms with E-state index in [2.05, 4.69) is 27.3 Å². The van der Waals surface area contributed by atoms with Gasteiger partial charge in [0.2, 0.25) is 0 Å². The lowest BCUT2D eigenvalue weighted by atomic mass is 10.1. The Balaban J connectivity index is 2.06. The van der Waals surface area contributed by atoms with Gasteiger partial charge in [-0.05, 0) is 53.2 Å². The summed E-state index contributed by atoms with van der Waals surface area (Å²) in [5, 5.41) is 3.28. The first kappa shape index (κ1) is 13.1. The Kier molecular flexibility index (Phi) is 4.04. The number of halogens is 1. The normalized spacial score (nSPS) is 10.3. The van der Waals surface area contributed by atoms with Crippen molar-refractivity contribution in [2.45, 2.75) is 13.5 Å². The number of Topliss-reactive ketones (excluding diaryl/α,β-unsaturated/α-hetero) is 1. The topological polar surface area (TPSA) is 55.1 Å². The van der Waals surface area contributed by atoms with Gasteiger partial charge in [0.25, 0.3) is 0 Å². The van der Waals surface area contributed by atoms with Crippen molar-refractivity contribution in [1.82, 2.24) is 0 Å². The van der Waals surface area contributed by atoms with Gasteiger partial charge < -0.3 is 11.1 Å². The van der Waals surface area contributed by atoms with E-state index in [0.29, 0.717) is 11.3 Å². The monoisotopic (exact) mass is 324 g/mol. The number of rotatable bonds is 4. The number of nitrogens with two attached hydrogens (primary N) is 1. The summed E-state index contributed by atoms with van der Waals surface area (Å²) in [4.78, 5) is 12.5. The van der Waals surface area contributed by atoms with Crippen molar-refractivity contribution in [2.24, 2.45) is 0 Å². The van der Waals surface area contributed by atoms with Crippen molar-refractivity contribution in [3.63, 3.8) is 0 Å². The van der Waals surface area contributed by atoms with Crippen molar-refractivity contribution in [3.05, 3.63) is 44.6 Å². The van der Waals surface area contributed by atoms with Crippen LogP contribution in [0.25, 0.3) is 0 Å². The zero-order valence-corrected chi connectivity index (χ0v) is 12.3. The fraction of sp³-hybridized carbons (Fsp3) is 0.154. The lowest BCUT2D eigenvalue weighted by molar-refractivity contribution is 0.101. The van der Waals surface area contributed by atoms with E-state index in [0.717, 1.165) is 16.0 Å². The molecular formula is C13H13BrN2OS. The molecule has 5 heteroatoms. The van der Waals surface area contributed by atoms with Crippen molar-refractivity contribution in [1.29, 1.82) is 0 Å². The Morgan fingerprint density at radius 1 is 1.39 bits per heavy atom. The number of ketones is 1. The maximum Gasteiger partial charge on any atom is 0.161 e. The van der Waals surface area contributed by atoms with Crippen LogP contribution in [0.4, 0.5) is 11.4 Å². The fourth-order valence-electron chi connectivity index (χ4n) is 1.63. The molecule has 0 aliphatic carbocycles. The van der Waals surface area contributed by atoms with Gasteiger partial charge in [0.1, 0.15) is 0 Å². The standard InChI is InChI=1S/C13H13BrN2OS/c1-8(17)11-4-2-9(6-12(11)15)16-7-10-3-5-13(14)18-10/h2-6,16H,7,15H2,1H3. The Hall–Kier alpha value is -1.33. The second kappa shape index (κ2) is 5.54. The Morgan fingerprint density at radius 2 is 2.17 bits per heavy atom. The molecule has 0 atom stereocenters. The van der Waals surface area contributed by atoms with Crippen LogP contribution < -0.4 is 11.1 Å². The number of benzene rings is 1. The summed E-state index contributed by atoms with van der Waals surface area (Å²) in [6.45, 7) is 2.26. The molecule has 0 aliphatic heterocycles. The first-order valence-corrected chi connectivity index (χ1v) is 7.06. The second-order valence-corrected chi connectivity index (χ2v) is 6.47. The first-order chi connectivity index (χ1) is 8.56. The Bertz CT molecular complexity index is 580. The van der Waals surface area contributed by atoms with E-state index in [-0.39, 0.29) is 5.78 Å². The number of hydrogen-bond donors (Lipinski definition) is 2. The van der Waals surface area contributed by atoms with Crippen LogP contribution in [-0.4, -0.2) is 5.78 Å². The summed E-state index contributed by atoms with van der Waals surface area (Å²) in [5.74, 6) is -0.0127. The van der Waals surface area contributed by atoms with Crippen LogP contribution >= 0.6 is 27.3 Å². The van der Waals surface area contributed by atoms with E-state index in [4.69, 9.17) is 5.73 Å². The molecule has 18 heavy (non-hydrogen) atoms. The molecule has 2 aromatic rings. The molecule has 0 unspecified atom stereocenters. The van der Waals surface area contributed by atoms with Gasteiger partial charge in [0.05, 0.1) is 3.79 Å². The van der Waals surface area contributed by atoms with Crippen LogP contribution in [-0.2, 0) is 6.54 Å². The van der Waals surface area contributed by atoms with Crippen molar-refractivity contribution in [3.8, 4) is 0 Å². The molecule has 0 radical (unpaired) electrons. The highest BCUT2D eigenvalue weighted by Crippen LogP contribution is 2.24. The largest absolute Gasteiger partial charge is 0.398 e. The molecule has 3 nitrogen and oxygen atoms in total. The summed E-state index contributed by atoms with van der Waals surface area (Å²) in [5.41, 5.74) is 7.83. The lowest BCUT2D eigenvalue weighted by Gasteiger charge is -2.08. The van der Waals surface area contributed by atoms with Crippen LogP contribution in [0, 0.1) is 0 Å². The highest BCUT2D eigenvalue weighted by Gasteiger charge is 2.05. The van der Waals surface area contributed by atoms with Gasteiger partial charge in [-0.1, -0.05) is 0 Å². The minimum atomic E-state index is -0.0127. The van der Waals surface area contributed by atoms with E-state index < -0.39 is 0 Å². The van der Waals surface area contributed by atoms with E-state index in [1.165, 1.54) is 11.8 Å². The number of anilines is 2. The fourth-order valence-corrected chi connectivity index (χ4v) is 3.05. The third kappa shape index (κ3) is 3.11. The number of carbonyl (C=O) groups is 1. The molecular weight excluding hydrogens is 312 g/mol. The van der Waals surface area contributed by atoms with E-state index >= 15 is 0 Å². The van der Waals surface area contributed by atoms with E-state index in [1.54, 1.807) is 23.5 Å². The molecule has 0 amide bonds. The second-order valence-electron chi connectivity index (χ2n) is 3.92. The highest BCUT2D eigenvalue weighted by molar-refractivity contribution is 9.11. The molecule has 94 valence electrons. The molecule has 1 heterocycles. The number of nitrogens with one attached hydrogen (secondary N) is 1. The zero-order chi connectivity index (χ0) is 13.1. The molecule has 3 N–H and O–H groups in total. The molecule has 0 saturated carbocycles. The predicted octanol–water partition coefficient (Wildman–Crippen LogP) is 3.91. The molecule has 1 aromatic heterocycles. The van der Waals surface area contributed by atoms with Crippen molar-refractivity contribution in [2.75, 3.05) is 11.1 Å². The van der Waals surface area contributed by atoms with E-state index in [9.17, 15) is 4.79 Å². The quantitative estimate of drug-likeness (QED) is 0.662. The minimum Gasteiger partial charge on any atom is -0.398 e. The van der Waals surface area contributed by atoms with Crippen LogP contribution in [0.2, 0.25) is 0 Å². The zero-order valence-electron chi connectivity index (χ0n) is 9.87. The number of hydrogen-bond acceptors (Lipinski definition) is 4. The minimum absolute atomic E-state index is 0.0127. The molecule has 1 aromatic carbocycles. The predicted molar refractivity (Wildman–Crippen MR) is 80.2 cm³/mol. The van der Waals surface area contributed by atoms with Gasteiger partial charge in [-0.25, -0.2) is 0 Å². The average Bonchev–Trinajstić information content (AvgIpc) is 2.72. The van der Waals surface area contributed by atoms with Gasteiger partial charge in [0, 0.05) is 28.4 Å². The van der Waals surface area contributed by atoms with Gasteiger partial charge in [-0.15, -0.1) is 11.3 Å². The summed E-state index contributed by atoms with van der Waals surface area (Å²) in [7, 11) is 0. The Labute approximate surface area is 118 Å². The molecule has 2 rings (SSSR count). The molecule has 0 saturated heterocycles. The summed E-state index contributed by atoms with van der Waals surface area (Å²) < 4.78 is 1.12. The van der Waals surface area contributed by atoms with Crippen LogP contribution in [0.15, 0.2) is 34.1 Å². The molecule has 0 aliphatic rings. The van der Waals surface area contributed by atoms with Crippen LogP contribution in [0.3, 0.4) is 0 Å². The summed E-state index contributed by atoms with van der Waals surface area (Å²) in [6, 6.07) is 9.50. The first-order valence-electron chi connectivity index (χ1n) is 5.45. The van der Waals surface area contributed by atoms with Crippen LogP contribution in [0.1, 0.15) is 22.2 Å². The van der Waals surface area contributed by atoms with Crippen molar-refractivity contribution >= 4 is 44.4 Å². The third-order valence-electron chi connectivity index (χ3n) is 2.53. The number of thiophene rings is 1. The van der Waals surface area contributed by atoms with Crippen LogP contribution in [0.5, 0.6) is 0 Å². The number of nitrogen functional groups attached to an aromatic ring is 1. The Morgan fingerprint density at radius 3 is 2.72 bits per heavy atom. The maximum absolute atomic E-state index is 11.3. The molecule has 0 bridgehead atoms. The van der Waals surface area contributed by atoms with Gasteiger partial charge in [-0.3, -0.25) is 4.79 Å². The van der Waals surface area contributed by atoms with Gasteiger partial charge in [0.15, 0.2) is 5.78 Å². The number of carbonyl (C=O) groups excluding carboxylic acids is 1. The van der Waals surface area contributed by atoms with E-state index in [1.807, 2.05) is 12.1 Å². The smallest absolute Gasteiger partial charge is 0.161 e. The third-order valence-corrected chi connectivity index (χ3v) is 4.15. The molecule has 0 fully saturated rings. The SMILES string of the molecule is CC(=O)c1ccc(NCc2ccc(Br)s2)cc1N.